The van der Waals surface area contributed by atoms with Gasteiger partial charge in [0.05, 0.1) is 0 Å². The molecule has 0 spiro atoms. The Kier molecular flexibility index (Phi) is 11.1. The summed E-state index contributed by atoms with van der Waals surface area (Å²) in [5.74, 6) is 2.61. The number of ether oxygens (including phenoxy) is 1. The molecule has 8 nitrogen and oxygen atoms in total. The van der Waals surface area contributed by atoms with Gasteiger partial charge < -0.3 is 24.8 Å². The van der Waals surface area contributed by atoms with Crippen molar-refractivity contribution in [2.45, 2.75) is 58.7 Å². The number of unbranched alkanes of at least 4 members (excludes halogenated alkanes) is 1. The Morgan fingerprint density at radius 1 is 1.27 bits per heavy atom. The fourth-order valence-corrected chi connectivity index (χ4v) is 3.64. The van der Waals surface area contributed by atoms with E-state index < -0.39 is 6.61 Å². The van der Waals surface area contributed by atoms with Crippen molar-refractivity contribution in [2.24, 2.45) is 12.0 Å². The lowest BCUT2D eigenvalue weighted by Crippen LogP contribution is -2.51. The molecule has 3 rings (SSSR count). The molecular weight excluding hydrogens is 543 g/mol. The largest absolute Gasteiger partial charge is 0.435 e. The first-order valence-corrected chi connectivity index (χ1v) is 11.2. The molecule has 1 fully saturated rings. The number of nitrogens with zero attached hydrogens (tertiary/aromatic N) is 5. The lowest BCUT2D eigenvalue weighted by molar-refractivity contribution is -0.0498. The predicted octanol–water partition coefficient (Wildman–Crippen LogP) is 3.85. The third kappa shape index (κ3) is 8.27. The van der Waals surface area contributed by atoms with E-state index in [-0.39, 0.29) is 35.8 Å². The molecule has 2 aromatic rings. The lowest BCUT2D eigenvalue weighted by atomic mass is 10.0. The Labute approximate surface area is 211 Å². The van der Waals surface area contributed by atoms with Gasteiger partial charge >= 0.3 is 6.61 Å². The SMILES string of the molecule is CCCCNC(=NCc1nnc(C)n1C)NC1CCCN(c2ccc(OC(F)F)cc2)C1.I. The molecule has 0 amide bonds. The fourth-order valence-electron chi connectivity index (χ4n) is 3.64. The van der Waals surface area contributed by atoms with E-state index in [4.69, 9.17) is 4.99 Å². The van der Waals surface area contributed by atoms with Crippen molar-refractivity contribution < 1.29 is 13.5 Å². The van der Waals surface area contributed by atoms with Crippen LogP contribution in [-0.2, 0) is 13.6 Å². The van der Waals surface area contributed by atoms with E-state index in [9.17, 15) is 8.78 Å². The second-order valence-electron chi connectivity index (χ2n) is 7.97. The van der Waals surface area contributed by atoms with Crippen LogP contribution in [0.2, 0.25) is 0 Å². The summed E-state index contributed by atoms with van der Waals surface area (Å²) in [5, 5.41) is 15.3. The van der Waals surface area contributed by atoms with Crippen LogP contribution in [0.25, 0.3) is 0 Å². The molecule has 0 radical (unpaired) electrons. The maximum absolute atomic E-state index is 12.4. The number of anilines is 1. The Morgan fingerprint density at radius 3 is 2.67 bits per heavy atom. The summed E-state index contributed by atoms with van der Waals surface area (Å²) in [6.07, 6.45) is 4.22. The van der Waals surface area contributed by atoms with Crippen LogP contribution in [0.5, 0.6) is 5.75 Å². The molecule has 1 aromatic carbocycles. The number of aromatic nitrogens is 3. The Hall–Kier alpha value is -2.18. The maximum atomic E-state index is 12.4. The highest BCUT2D eigenvalue weighted by molar-refractivity contribution is 14.0. The number of hydrogen-bond donors (Lipinski definition) is 2. The predicted molar refractivity (Wildman–Crippen MR) is 137 cm³/mol. The maximum Gasteiger partial charge on any atom is 0.387 e. The number of rotatable bonds is 9. The van der Waals surface area contributed by atoms with Gasteiger partial charge in [-0.05, 0) is 50.5 Å². The number of guanidine groups is 1. The van der Waals surface area contributed by atoms with Gasteiger partial charge in [0, 0.05) is 38.4 Å². The first kappa shape index (κ1) is 27.1. The normalized spacial score (nSPS) is 16.5. The van der Waals surface area contributed by atoms with Crippen LogP contribution in [0.4, 0.5) is 14.5 Å². The van der Waals surface area contributed by atoms with Crippen molar-refractivity contribution in [2.75, 3.05) is 24.5 Å². The van der Waals surface area contributed by atoms with Crippen molar-refractivity contribution in [3.8, 4) is 5.75 Å². The molecule has 33 heavy (non-hydrogen) atoms. The molecule has 0 saturated carbocycles. The quantitative estimate of drug-likeness (QED) is 0.204. The highest BCUT2D eigenvalue weighted by atomic mass is 127. The van der Waals surface area contributed by atoms with Crippen molar-refractivity contribution in [3.05, 3.63) is 35.9 Å². The van der Waals surface area contributed by atoms with Gasteiger partial charge in [-0.15, -0.1) is 34.2 Å². The lowest BCUT2D eigenvalue weighted by Gasteiger charge is -2.35. The third-order valence-electron chi connectivity index (χ3n) is 5.57. The molecule has 1 aromatic heterocycles. The van der Waals surface area contributed by atoms with E-state index in [1.807, 2.05) is 30.7 Å². The molecule has 1 atom stereocenters. The van der Waals surface area contributed by atoms with Gasteiger partial charge in [0.2, 0.25) is 0 Å². The number of aliphatic imine (C=N–C) groups is 1. The minimum Gasteiger partial charge on any atom is -0.435 e. The molecule has 0 bridgehead atoms. The molecule has 184 valence electrons. The van der Waals surface area contributed by atoms with Crippen LogP contribution in [0.1, 0.15) is 44.3 Å². The number of benzene rings is 1. The first-order valence-electron chi connectivity index (χ1n) is 11.2. The Morgan fingerprint density at radius 2 is 2.03 bits per heavy atom. The molecule has 1 aliphatic rings. The third-order valence-corrected chi connectivity index (χ3v) is 5.57. The Balaban J connectivity index is 0.00000385. The van der Waals surface area contributed by atoms with Gasteiger partial charge in [0.1, 0.15) is 18.1 Å². The molecule has 1 aliphatic heterocycles. The standard InChI is InChI=1S/C22H33F2N7O.HI/c1-4-5-12-25-22(26-14-20-29-28-16(2)30(20)3)27-17-7-6-13-31(15-17)18-8-10-19(11-9-18)32-21(23)24;/h8-11,17,21H,4-7,12-15H2,1-3H3,(H2,25,26,27);1H. The molecule has 1 saturated heterocycles. The van der Waals surface area contributed by atoms with Crippen molar-refractivity contribution >= 4 is 35.6 Å². The summed E-state index contributed by atoms with van der Waals surface area (Å²) in [6.45, 7) is 4.27. The fraction of sp³-hybridized carbons (Fsp3) is 0.591. The molecular formula is C22H34F2IN7O. The van der Waals surface area contributed by atoms with Gasteiger partial charge in [-0.2, -0.15) is 8.78 Å². The second kappa shape index (κ2) is 13.5. The van der Waals surface area contributed by atoms with Crippen LogP contribution in [0, 0.1) is 6.92 Å². The summed E-state index contributed by atoms with van der Waals surface area (Å²) < 4.78 is 31.2. The zero-order valence-corrected chi connectivity index (χ0v) is 21.8. The smallest absolute Gasteiger partial charge is 0.387 e. The minimum atomic E-state index is -2.81. The van der Waals surface area contributed by atoms with Gasteiger partial charge in [-0.25, -0.2) is 4.99 Å². The summed E-state index contributed by atoms with van der Waals surface area (Å²) in [5.41, 5.74) is 0.991. The zero-order chi connectivity index (χ0) is 22.9. The van der Waals surface area contributed by atoms with Crippen LogP contribution in [0.3, 0.4) is 0 Å². The number of halogens is 3. The van der Waals surface area contributed by atoms with Crippen LogP contribution >= 0.6 is 24.0 Å². The van der Waals surface area contributed by atoms with Gasteiger partial charge in [0.25, 0.3) is 0 Å². The highest BCUT2D eigenvalue weighted by Gasteiger charge is 2.21. The Bertz CT molecular complexity index is 876. The van der Waals surface area contributed by atoms with E-state index in [0.717, 1.165) is 68.6 Å². The summed E-state index contributed by atoms with van der Waals surface area (Å²) in [4.78, 5) is 6.99. The monoisotopic (exact) mass is 577 g/mol. The number of aryl methyl sites for hydroxylation is 1. The number of alkyl halides is 2. The topological polar surface area (TPSA) is 79.6 Å². The van der Waals surface area contributed by atoms with E-state index in [0.29, 0.717) is 6.54 Å². The van der Waals surface area contributed by atoms with Gasteiger partial charge in [0.15, 0.2) is 11.8 Å². The van der Waals surface area contributed by atoms with E-state index in [1.165, 1.54) is 0 Å². The van der Waals surface area contributed by atoms with E-state index in [1.54, 1.807) is 12.1 Å². The molecule has 2 N–H and O–H groups in total. The molecule has 2 heterocycles. The zero-order valence-electron chi connectivity index (χ0n) is 19.4. The molecule has 11 heteroatoms. The van der Waals surface area contributed by atoms with Crippen molar-refractivity contribution in [1.82, 2.24) is 25.4 Å². The minimum absolute atomic E-state index is 0. The van der Waals surface area contributed by atoms with Crippen LogP contribution in [-0.4, -0.2) is 53.0 Å². The second-order valence-corrected chi connectivity index (χ2v) is 7.97. The molecule has 0 aliphatic carbocycles. The van der Waals surface area contributed by atoms with Crippen LogP contribution < -0.4 is 20.3 Å². The average Bonchev–Trinajstić information content (AvgIpc) is 3.10. The van der Waals surface area contributed by atoms with Crippen LogP contribution in [0.15, 0.2) is 29.3 Å². The summed E-state index contributed by atoms with van der Waals surface area (Å²) in [6, 6.07) is 7.03. The van der Waals surface area contributed by atoms with Crippen molar-refractivity contribution in [1.29, 1.82) is 0 Å². The first-order chi connectivity index (χ1) is 15.5. The highest BCUT2D eigenvalue weighted by Crippen LogP contribution is 2.23. The van der Waals surface area contributed by atoms with Gasteiger partial charge in [-0.3, -0.25) is 0 Å². The molecule has 1 unspecified atom stereocenters. The summed E-state index contributed by atoms with van der Waals surface area (Å²) in [7, 11) is 1.94. The van der Waals surface area contributed by atoms with Gasteiger partial charge in [-0.1, -0.05) is 13.3 Å². The number of hydrogen-bond acceptors (Lipinski definition) is 5. The van der Waals surface area contributed by atoms with E-state index >= 15 is 0 Å². The van der Waals surface area contributed by atoms with Crippen molar-refractivity contribution in [3.63, 3.8) is 0 Å². The number of piperidine rings is 1. The van der Waals surface area contributed by atoms with E-state index in [2.05, 4.69) is 37.4 Å². The number of nitrogens with one attached hydrogen (secondary N) is 2. The average molecular weight is 577 g/mol. The summed E-state index contributed by atoms with van der Waals surface area (Å²) >= 11 is 0.